The number of aromatic nitrogens is 1. The lowest BCUT2D eigenvalue weighted by Crippen LogP contribution is -2.39. The van der Waals surface area contributed by atoms with E-state index in [1.54, 1.807) is 18.2 Å². The van der Waals surface area contributed by atoms with Gasteiger partial charge in [0.1, 0.15) is 6.10 Å². The molecule has 3 heterocycles. The van der Waals surface area contributed by atoms with Gasteiger partial charge in [0.2, 0.25) is 10.0 Å². The first-order valence-electron chi connectivity index (χ1n) is 13.7. The average Bonchev–Trinajstić information content (AvgIpc) is 3.30. The number of primary sulfonamides is 1. The number of nitrogens with two attached hydrogens (primary N) is 1. The van der Waals surface area contributed by atoms with Crippen molar-refractivity contribution in [1.29, 1.82) is 0 Å². The summed E-state index contributed by atoms with van der Waals surface area (Å²) in [6.07, 6.45) is -3.70. The normalized spacial score (nSPS) is 17.4. The Labute approximate surface area is 266 Å². The van der Waals surface area contributed by atoms with Crippen molar-refractivity contribution >= 4 is 43.0 Å². The zero-order valence-electron chi connectivity index (χ0n) is 23.6. The highest BCUT2D eigenvalue weighted by molar-refractivity contribution is 7.89. The highest BCUT2D eigenvalue weighted by Crippen LogP contribution is 2.46. The molecule has 0 aliphatic carbocycles. The molecule has 6 rings (SSSR count). The van der Waals surface area contributed by atoms with E-state index in [1.807, 2.05) is 30.3 Å². The standard InChI is InChI=1S/C32H26ClF3N2O5S2/c1-31(39,32(34,35)36)19-11-13-38-24(16-19)22-7-4-5-18-15-28(44-30(18)22)29(21-6-2-3-8-23(21)33)26-12-14-42-27-17-20(45(37,40)41)9-10-25(27)43-26/h2-11,13,15-17,26,29,39H,12,14H2,1H3,(H2,37,40,41)/t26?,29-,31-/m1/s1. The van der Waals surface area contributed by atoms with Crippen LogP contribution >= 0.6 is 22.9 Å². The Hall–Kier alpha value is -3.68. The van der Waals surface area contributed by atoms with Gasteiger partial charge in [-0.3, -0.25) is 4.98 Å². The van der Waals surface area contributed by atoms with Gasteiger partial charge in [-0.2, -0.15) is 13.2 Å². The van der Waals surface area contributed by atoms with Gasteiger partial charge in [-0.1, -0.05) is 48.0 Å². The molecule has 0 spiro atoms. The smallest absolute Gasteiger partial charge is 0.421 e. The van der Waals surface area contributed by atoms with Crippen molar-refractivity contribution in [2.24, 2.45) is 5.14 Å². The Morgan fingerprint density at radius 3 is 2.56 bits per heavy atom. The Bertz CT molecular complexity index is 2010. The number of nitrogens with zero attached hydrogens (tertiary/aromatic N) is 1. The molecule has 0 saturated carbocycles. The second-order valence-corrected chi connectivity index (χ2v) is 13.9. The molecule has 0 bridgehead atoms. The van der Waals surface area contributed by atoms with Crippen LogP contribution in [0.2, 0.25) is 5.02 Å². The maximum absolute atomic E-state index is 13.6. The molecule has 3 atom stereocenters. The quantitative estimate of drug-likeness (QED) is 0.194. The third-order valence-electron chi connectivity index (χ3n) is 7.81. The number of fused-ring (bicyclic) bond motifs is 2. The van der Waals surface area contributed by atoms with E-state index >= 15 is 0 Å². The minimum atomic E-state index is -4.88. The van der Waals surface area contributed by atoms with Crippen molar-refractivity contribution in [3.8, 4) is 22.8 Å². The van der Waals surface area contributed by atoms with Crippen LogP contribution in [-0.2, 0) is 15.6 Å². The average molecular weight is 675 g/mol. The molecule has 13 heteroatoms. The fourth-order valence-corrected chi connectivity index (χ4v) is 7.50. The van der Waals surface area contributed by atoms with Crippen LogP contribution < -0.4 is 14.6 Å². The molecular weight excluding hydrogens is 649 g/mol. The number of aliphatic hydroxyl groups is 1. The van der Waals surface area contributed by atoms with Crippen LogP contribution in [0.15, 0.2) is 90.0 Å². The van der Waals surface area contributed by atoms with Crippen LogP contribution in [0, 0.1) is 0 Å². The van der Waals surface area contributed by atoms with Crippen LogP contribution in [0.25, 0.3) is 21.3 Å². The van der Waals surface area contributed by atoms with E-state index < -0.39 is 33.8 Å². The highest BCUT2D eigenvalue weighted by atomic mass is 35.5. The van der Waals surface area contributed by atoms with Crippen LogP contribution in [0.5, 0.6) is 11.5 Å². The zero-order valence-corrected chi connectivity index (χ0v) is 26.0. The summed E-state index contributed by atoms with van der Waals surface area (Å²) in [4.78, 5) is 5.12. The predicted octanol–water partition coefficient (Wildman–Crippen LogP) is 7.40. The first-order chi connectivity index (χ1) is 21.2. The number of halogens is 4. The molecule has 1 aliphatic heterocycles. The molecule has 1 unspecified atom stereocenters. The van der Waals surface area contributed by atoms with E-state index in [-0.39, 0.29) is 28.5 Å². The van der Waals surface area contributed by atoms with Crippen molar-refractivity contribution < 1.29 is 36.2 Å². The summed E-state index contributed by atoms with van der Waals surface area (Å²) < 4.78 is 77.9. The van der Waals surface area contributed by atoms with E-state index in [0.717, 1.165) is 26.6 Å². The Balaban J connectivity index is 1.45. The van der Waals surface area contributed by atoms with E-state index in [2.05, 4.69) is 4.98 Å². The predicted molar refractivity (Wildman–Crippen MR) is 166 cm³/mol. The molecule has 0 saturated heterocycles. The molecule has 0 amide bonds. The van der Waals surface area contributed by atoms with Gasteiger partial charge in [-0.25, -0.2) is 13.6 Å². The third kappa shape index (κ3) is 6.00. The highest BCUT2D eigenvalue weighted by Gasteiger charge is 2.51. The maximum atomic E-state index is 13.6. The van der Waals surface area contributed by atoms with Crippen molar-refractivity contribution in [2.45, 2.75) is 42.0 Å². The Morgan fingerprint density at radius 2 is 1.82 bits per heavy atom. The minimum Gasteiger partial charge on any atom is -0.490 e. The largest absolute Gasteiger partial charge is 0.490 e. The summed E-state index contributed by atoms with van der Waals surface area (Å²) in [6, 6.07) is 21.4. The number of sulfonamides is 1. The topological polar surface area (TPSA) is 112 Å². The number of pyridine rings is 1. The summed E-state index contributed by atoms with van der Waals surface area (Å²) >= 11 is 8.17. The van der Waals surface area contributed by atoms with E-state index in [0.29, 0.717) is 29.7 Å². The number of hydrogen-bond acceptors (Lipinski definition) is 7. The number of hydrogen-bond donors (Lipinski definition) is 2. The summed E-state index contributed by atoms with van der Waals surface area (Å²) in [5.74, 6) is 0.199. The molecule has 2 aromatic heterocycles. The third-order valence-corrected chi connectivity index (χ3v) is 10.3. The van der Waals surface area contributed by atoms with Gasteiger partial charge in [-0.15, -0.1) is 11.3 Å². The Kier molecular flexibility index (Phi) is 8.07. The molecule has 7 nitrogen and oxygen atoms in total. The van der Waals surface area contributed by atoms with Crippen molar-refractivity contribution in [3.63, 3.8) is 0 Å². The summed E-state index contributed by atoms with van der Waals surface area (Å²) in [5, 5.41) is 17.0. The van der Waals surface area contributed by atoms with Gasteiger partial charge in [0.25, 0.3) is 0 Å². The molecule has 3 aromatic carbocycles. The number of ether oxygens (including phenoxy) is 2. The van der Waals surface area contributed by atoms with Crippen molar-refractivity contribution in [1.82, 2.24) is 4.98 Å². The van der Waals surface area contributed by atoms with Crippen molar-refractivity contribution in [3.05, 3.63) is 106 Å². The second kappa shape index (κ2) is 11.6. The van der Waals surface area contributed by atoms with Crippen LogP contribution in [0.1, 0.15) is 35.3 Å². The lowest BCUT2D eigenvalue weighted by atomic mass is 9.89. The van der Waals surface area contributed by atoms with E-state index in [9.17, 15) is 26.7 Å². The molecule has 0 fully saturated rings. The molecule has 234 valence electrons. The van der Waals surface area contributed by atoms with Crippen LogP contribution in [0.4, 0.5) is 13.2 Å². The summed E-state index contributed by atoms with van der Waals surface area (Å²) in [6.45, 7) is 0.938. The van der Waals surface area contributed by atoms with E-state index in [4.69, 9.17) is 26.2 Å². The SMILES string of the molecule is C[C@@](O)(c1ccnc(-c2cccc3cc([C@H](c4ccccc4Cl)C4CCOc5cc(S(N)(=O)=O)ccc5O4)sc23)c1)C(F)(F)F. The zero-order chi connectivity index (χ0) is 32.1. The first-order valence-corrected chi connectivity index (χ1v) is 16.5. The first kappa shape index (κ1) is 31.3. The number of thiophene rings is 1. The molecule has 1 aliphatic rings. The summed E-state index contributed by atoms with van der Waals surface area (Å²) in [7, 11) is -3.96. The second-order valence-electron chi connectivity index (χ2n) is 10.8. The van der Waals surface area contributed by atoms with E-state index in [1.165, 1.54) is 41.8 Å². The molecule has 3 N–H and O–H groups in total. The fraction of sp³-hybridized carbons (Fsp3) is 0.219. The number of benzene rings is 3. The number of rotatable bonds is 6. The van der Waals surface area contributed by atoms with Crippen LogP contribution in [0.3, 0.4) is 0 Å². The van der Waals surface area contributed by atoms with Gasteiger partial charge < -0.3 is 14.6 Å². The minimum absolute atomic E-state index is 0.0996. The van der Waals surface area contributed by atoms with Gasteiger partial charge in [0, 0.05) is 38.8 Å². The monoisotopic (exact) mass is 674 g/mol. The lowest BCUT2D eigenvalue weighted by molar-refractivity contribution is -0.258. The Morgan fingerprint density at radius 1 is 1.04 bits per heavy atom. The fourth-order valence-electron chi connectivity index (χ4n) is 5.36. The molecule has 0 radical (unpaired) electrons. The maximum Gasteiger partial charge on any atom is 0.421 e. The van der Waals surface area contributed by atoms with Gasteiger partial charge in [-0.05, 0) is 59.8 Å². The van der Waals surface area contributed by atoms with Crippen LogP contribution in [-0.4, -0.2) is 37.4 Å². The van der Waals surface area contributed by atoms with Gasteiger partial charge in [0.15, 0.2) is 17.1 Å². The molecule has 45 heavy (non-hydrogen) atoms. The summed E-state index contributed by atoms with van der Waals surface area (Å²) in [5.41, 5.74) is -1.70. The number of alkyl halides is 3. The van der Waals surface area contributed by atoms with Gasteiger partial charge >= 0.3 is 6.18 Å². The molecule has 5 aromatic rings. The lowest BCUT2D eigenvalue weighted by Gasteiger charge is -2.27. The molecular formula is C32H26ClF3N2O5S2. The van der Waals surface area contributed by atoms with Crippen molar-refractivity contribution in [2.75, 3.05) is 6.61 Å². The van der Waals surface area contributed by atoms with Gasteiger partial charge in [0.05, 0.1) is 23.1 Å².